The van der Waals surface area contributed by atoms with Crippen molar-refractivity contribution in [2.45, 2.75) is 79.1 Å². The smallest absolute Gasteiger partial charge is 0.210 e. The molecule has 3 aromatic rings. The molecule has 0 aliphatic rings. The topological polar surface area (TPSA) is 24.7 Å². The number of aryl methyl sites for hydroxylation is 3. The summed E-state index contributed by atoms with van der Waals surface area (Å²) in [5.74, 6) is 0.137. The van der Waals surface area contributed by atoms with Crippen LogP contribution in [0.4, 0.5) is 0 Å². The lowest BCUT2D eigenvalue weighted by molar-refractivity contribution is 0.103. The van der Waals surface area contributed by atoms with Crippen molar-refractivity contribution in [3.63, 3.8) is 0 Å². The summed E-state index contributed by atoms with van der Waals surface area (Å²) in [5.41, 5.74) is 6.49. The van der Waals surface area contributed by atoms with Gasteiger partial charge in [0.15, 0.2) is 0 Å². The fourth-order valence-electron chi connectivity index (χ4n) is 4.73. The number of aromatic nitrogens is 1. The zero-order valence-corrected chi connectivity index (χ0v) is 22.4. The van der Waals surface area contributed by atoms with Crippen molar-refractivity contribution in [2.24, 2.45) is 0 Å². The summed E-state index contributed by atoms with van der Waals surface area (Å²) in [7, 11) is 0. The molecule has 0 atom stereocenters. The number of fused-ring (bicyclic) bond motifs is 1. The van der Waals surface area contributed by atoms with E-state index in [2.05, 4.69) is 73.5 Å². The predicted octanol–water partition coefficient (Wildman–Crippen LogP) is 7.55. The molecule has 2 aromatic heterocycles. The third-order valence-electron chi connectivity index (χ3n) is 6.57. The van der Waals surface area contributed by atoms with Crippen molar-refractivity contribution in [1.82, 2.24) is 9.30 Å². The SMILES string of the molecule is CCCCc1cc2ccc(CC)cn2c1C(=O)c1ccc(CCCN(CCC)CCC)cc1.Cl. The molecule has 0 radical (unpaired) electrons. The number of unbranched alkanes of at least 4 members (excludes halogenated alkanes) is 1. The number of pyridine rings is 1. The number of hydrogen-bond donors (Lipinski definition) is 0. The highest BCUT2D eigenvalue weighted by atomic mass is 35.5. The molecule has 0 amide bonds. The molecule has 0 N–H and O–H groups in total. The van der Waals surface area contributed by atoms with Crippen LogP contribution in [-0.4, -0.2) is 34.7 Å². The summed E-state index contributed by atoms with van der Waals surface area (Å²) in [4.78, 5) is 16.2. The average molecular weight is 483 g/mol. The fourth-order valence-corrected chi connectivity index (χ4v) is 4.73. The summed E-state index contributed by atoms with van der Waals surface area (Å²) in [6.07, 6.45) is 10.9. The molecule has 4 heteroatoms. The van der Waals surface area contributed by atoms with Gasteiger partial charge in [-0.15, -0.1) is 12.4 Å². The summed E-state index contributed by atoms with van der Waals surface area (Å²) < 4.78 is 2.12. The van der Waals surface area contributed by atoms with Crippen LogP contribution in [0.25, 0.3) is 5.52 Å². The number of carbonyl (C=O) groups excluding carboxylic acids is 1. The lowest BCUT2D eigenvalue weighted by Gasteiger charge is -2.20. The Morgan fingerprint density at radius 1 is 0.794 bits per heavy atom. The molecule has 3 rings (SSSR count). The Hall–Kier alpha value is -2.10. The van der Waals surface area contributed by atoms with Gasteiger partial charge >= 0.3 is 0 Å². The quantitative estimate of drug-likeness (QED) is 0.221. The van der Waals surface area contributed by atoms with Crippen molar-refractivity contribution >= 4 is 23.7 Å². The summed E-state index contributed by atoms with van der Waals surface area (Å²) in [6, 6.07) is 14.9. The minimum atomic E-state index is 0. The second-order valence-corrected chi connectivity index (χ2v) is 9.28. The minimum absolute atomic E-state index is 0. The van der Waals surface area contributed by atoms with E-state index in [4.69, 9.17) is 0 Å². The van der Waals surface area contributed by atoms with Crippen LogP contribution < -0.4 is 0 Å². The van der Waals surface area contributed by atoms with E-state index in [9.17, 15) is 4.79 Å². The van der Waals surface area contributed by atoms with Crippen LogP contribution in [0.5, 0.6) is 0 Å². The molecule has 0 spiro atoms. The minimum Gasteiger partial charge on any atom is -0.313 e. The Bertz CT molecular complexity index is 1020. The second-order valence-electron chi connectivity index (χ2n) is 9.28. The Morgan fingerprint density at radius 3 is 2.09 bits per heavy atom. The first kappa shape index (κ1) is 28.1. The fraction of sp³-hybridized carbons (Fsp3) is 0.500. The van der Waals surface area contributed by atoms with Crippen LogP contribution in [0.15, 0.2) is 48.7 Å². The molecule has 0 bridgehead atoms. The van der Waals surface area contributed by atoms with Gasteiger partial charge in [0.2, 0.25) is 5.78 Å². The number of halogens is 1. The van der Waals surface area contributed by atoms with E-state index in [1.165, 1.54) is 42.6 Å². The zero-order valence-electron chi connectivity index (χ0n) is 21.6. The van der Waals surface area contributed by atoms with Gasteiger partial charge in [0, 0.05) is 17.3 Å². The summed E-state index contributed by atoms with van der Waals surface area (Å²) in [6.45, 7) is 12.4. The van der Waals surface area contributed by atoms with Crippen LogP contribution >= 0.6 is 12.4 Å². The highest BCUT2D eigenvalue weighted by Crippen LogP contribution is 2.23. The molecule has 0 fully saturated rings. The van der Waals surface area contributed by atoms with E-state index in [1.807, 2.05) is 12.1 Å². The molecule has 2 heterocycles. The van der Waals surface area contributed by atoms with Gasteiger partial charge < -0.3 is 9.30 Å². The molecule has 3 nitrogen and oxygen atoms in total. The maximum absolute atomic E-state index is 13.6. The normalized spacial score (nSPS) is 11.2. The molecule has 0 aliphatic heterocycles. The van der Waals surface area contributed by atoms with Crippen LogP contribution in [0.2, 0.25) is 0 Å². The Labute approximate surface area is 213 Å². The van der Waals surface area contributed by atoms with E-state index in [0.717, 1.165) is 61.8 Å². The standard InChI is InChI=1S/C30H42N2O.ClH/c1-5-9-12-27-22-28-18-15-24(8-4)23-32(28)29(27)30(33)26-16-13-25(14-17-26)11-10-21-31(19-6-2)20-7-3;/h13-18,22-23H,5-12,19-21H2,1-4H3;1H. The zero-order chi connectivity index (χ0) is 23.6. The van der Waals surface area contributed by atoms with Gasteiger partial charge in [-0.1, -0.05) is 64.4 Å². The third kappa shape index (κ3) is 7.20. The monoisotopic (exact) mass is 482 g/mol. The first-order valence-corrected chi connectivity index (χ1v) is 13.1. The van der Waals surface area contributed by atoms with E-state index in [1.54, 1.807) is 0 Å². The average Bonchev–Trinajstić information content (AvgIpc) is 3.20. The first-order valence-electron chi connectivity index (χ1n) is 13.1. The van der Waals surface area contributed by atoms with Crippen molar-refractivity contribution < 1.29 is 4.79 Å². The lowest BCUT2D eigenvalue weighted by Crippen LogP contribution is -2.26. The highest BCUT2D eigenvalue weighted by molar-refractivity contribution is 6.09. The van der Waals surface area contributed by atoms with Crippen molar-refractivity contribution in [2.75, 3.05) is 19.6 Å². The van der Waals surface area contributed by atoms with E-state index >= 15 is 0 Å². The summed E-state index contributed by atoms with van der Waals surface area (Å²) >= 11 is 0. The van der Waals surface area contributed by atoms with Gasteiger partial charge in [0.05, 0.1) is 5.69 Å². The number of ketones is 1. The van der Waals surface area contributed by atoms with Gasteiger partial charge in [0.25, 0.3) is 0 Å². The van der Waals surface area contributed by atoms with Crippen molar-refractivity contribution in [1.29, 1.82) is 0 Å². The van der Waals surface area contributed by atoms with Crippen molar-refractivity contribution in [3.8, 4) is 0 Å². The van der Waals surface area contributed by atoms with E-state index in [0.29, 0.717) is 0 Å². The molecular weight excluding hydrogens is 440 g/mol. The Morgan fingerprint density at radius 2 is 1.47 bits per heavy atom. The van der Waals surface area contributed by atoms with E-state index < -0.39 is 0 Å². The van der Waals surface area contributed by atoms with Gasteiger partial charge in [-0.05, 0) is 93.4 Å². The molecule has 186 valence electrons. The molecule has 0 saturated carbocycles. The second kappa shape index (κ2) is 14.3. The molecule has 1 aromatic carbocycles. The first-order chi connectivity index (χ1) is 16.1. The number of hydrogen-bond acceptors (Lipinski definition) is 2. The lowest BCUT2D eigenvalue weighted by atomic mass is 10.00. The Balaban J connectivity index is 0.00000408. The molecule has 0 aliphatic carbocycles. The highest BCUT2D eigenvalue weighted by Gasteiger charge is 2.19. The molecular formula is C30H43ClN2O. The third-order valence-corrected chi connectivity index (χ3v) is 6.57. The molecule has 0 unspecified atom stereocenters. The van der Waals surface area contributed by atoms with E-state index in [-0.39, 0.29) is 18.2 Å². The van der Waals surface area contributed by atoms with Crippen LogP contribution in [-0.2, 0) is 19.3 Å². The maximum Gasteiger partial charge on any atom is 0.210 e. The number of carbonyl (C=O) groups is 1. The van der Waals surface area contributed by atoms with Crippen molar-refractivity contribution in [3.05, 3.63) is 76.6 Å². The predicted molar refractivity (Wildman–Crippen MR) is 148 cm³/mol. The number of nitrogens with zero attached hydrogens (tertiary/aromatic N) is 2. The molecule has 34 heavy (non-hydrogen) atoms. The number of rotatable bonds is 14. The maximum atomic E-state index is 13.6. The summed E-state index contributed by atoms with van der Waals surface area (Å²) in [5, 5.41) is 0. The van der Waals surface area contributed by atoms with Crippen LogP contribution in [0.3, 0.4) is 0 Å². The molecule has 0 saturated heterocycles. The Kier molecular flexibility index (Phi) is 11.9. The van der Waals surface area contributed by atoms with Gasteiger partial charge in [-0.25, -0.2) is 0 Å². The van der Waals surface area contributed by atoms with Gasteiger partial charge in [-0.3, -0.25) is 4.79 Å². The number of benzene rings is 1. The van der Waals surface area contributed by atoms with Gasteiger partial charge in [0.1, 0.15) is 0 Å². The van der Waals surface area contributed by atoms with Crippen LogP contribution in [0, 0.1) is 0 Å². The van der Waals surface area contributed by atoms with Crippen LogP contribution in [0.1, 0.15) is 92.5 Å². The van der Waals surface area contributed by atoms with Gasteiger partial charge in [-0.2, -0.15) is 0 Å². The largest absolute Gasteiger partial charge is 0.313 e.